The molecule has 1 heterocycles. The zero-order valence-electron chi connectivity index (χ0n) is 16.2. The van der Waals surface area contributed by atoms with Gasteiger partial charge in [-0.1, -0.05) is 54.6 Å². The van der Waals surface area contributed by atoms with Gasteiger partial charge in [0.05, 0.1) is 5.56 Å². The van der Waals surface area contributed by atoms with Gasteiger partial charge in [0.2, 0.25) is 0 Å². The first-order chi connectivity index (χ1) is 13.5. The summed E-state index contributed by atoms with van der Waals surface area (Å²) in [5, 5.41) is 9.34. The number of carboxylic acid groups (broad SMARTS) is 1. The van der Waals surface area contributed by atoms with Crippen LogP contribution in [-0.4, -0.2) is 16.7 Å². The quantitative estimate of drug-likeness (QED) is 0.640. The lowest BCUT2D eigenvalue weighted by molar-refractivity contribution is 0.0658. The van der Waals surface area contributed by atoms with Gasteiger partial charge in [0, 0.05) is 12.0 Å². The summed E-state index contributed by atoms with van der Waals surface area (Å²) in [6.45, 7) is 4.31. The van der Waals surface area contributed by atoms with Crippen LogP contribution in [0.5, 0.6) is 5.75 Å². The van der Waals surface area contributed by atoms with E-state index in [2.05, 4.69) is 44.2 Å². The molecule has 0 fully saturated rings. The van der Waals surface area contributed by atoms with Crippen molar-refractivity contribution in [1.29, 1.82) is 0 Å². The second kappa shape index (κ2) is 7.16. The van der Waals surface area contributed by atoms with Crippen LogP contribution in [0.15, 0.2) is 66.7 Å². The van der Waals surface area contributed by atoms with Gasteiger partial charge < -0.3 is 9.84 Å². The highest BCUT2D eigenvalue weighted by Crippen LogP contribution is 2.42. The van der Waals surface area contributed by atoms with Crippen LogP contribution >= 0.6 is 0 Å². The number of benzene rings is 3. The first kappa shape index (κ1) is 18.3. The zero-order valence-corrected chi connectivity index (χ0v) is 16.2. The van der Waals surface area contributed by atoms with Gasteiger partial charge in [0.15, 0.2) is 0 Å². The summed E-state index contributed by atoms with van der Waals surface area (Å²) in [6, 6.07) is 21.6. The smallest absolute Gasteiger partial charge is 0.335 e. The number of hydrogen-bond donors (Lipinski definition) is 1. The summed E-state index contributed by atoms with van der Waals surface area (Å²) in [7, 11) is 0. The average molecular weight is 372 g/mol. The van der Waals surface area contributed by atoms with Crippen molar-refractivity contribution in [3.05, 3.63) is 89.0 Å². The summed E-state index contributed by atoms with van der Waals surface area (Å²) in [5.74, 6) is -0.0377. The summed E-state index contributed by atoms with van der Waals surface area (Å²) in [6.07, 6.45) is 2.75. The van der Waals surface area contributed by atoms with Crippen LogP contribution in [0, 0.1) is 6.92 Å². The maximum absolute atomic E-state index is 11.4. The van der Waals surface area contributed by atoms with Crippen molar-refractivity contribution < 1.29 is 14.6 Å². The Morgan fingerprint density at radius 3 is 2.64 bits per heavy atom. The molecule has 0 saturated heterocycles. The largest absolute Gasteiger partial charge is 0.486 e. The fraction of sp³-hybridized carbons (Fsp3) is 0.240. The predicted octanol–water partition coefficient (Wildman–Crippen LogP) is 5.69. The summed E-state index contributed by atoms with van der Waals surface area (Å²) in [5.41, 5.74) is 5.58. The average Bonchev–Trinajstić information content (AvgIpc) is 2.69. The third kappa shape index (κ3) is 3.53. The van der Waals surface area contributed by atoms with E-state index in [4.69, 9.17) is 4.74 Å². The van der Waals surface area contributed by atoms with Gasteiger partial charge in [-0.3, -0.25) is 0 Å². The number of rotatable bonds is 4. The van der Waals surface area contributed by atoms with Crippen molar-refractivity contribution in [3.63, 3.8) is 0 Å². The van der Waals surface area contributed by atoms with Gasteiger partial charge in [0.25, 0.3) is 0 Å². The van der Waals surface area contributed by atoms with Crippen LogP contribution in [0.2, 0.25) is 0 Å². The molecule has 28 heavy (non-hydrogen) atoms. The van der Waals surface area contributed by atoms with Crippen molar-refractivity contribution >= 4 is 5.97 Å². The first-order valence-corrected chi connectivity index (χ1v) is 9.64. The SMILES string of the molecule is Cc1ccccc1C[C@@]1(C)CCc2cccc(-c3cccc(C(=O)O)c3)c2O1. The molecular weight excluding hydrogens is 348 g/mol. The molecule has 0 saturated carbocycles. The monoisotopic (exact) mass is 372 g/mol. The number of carbonyl (C=O) groups is 1. The Morgan fingerprint density at radius 1 is 1.07 bits per heavy atom. The van der Waals surface area contributed by atoms with E-state index in [0.29, 0.717) is 0 Å². The number of ether oxygens (including phenoxy) is 1. The van der Waals surface area contributed by atoms with Crippen molar-refractivity contribution in [1.82, 2.24) is 0 Å². The predicted molar refractivity (Wildman–Crippen MR) is 111 cm³/mol. The second-order valence-corrected chi connectivity index (χ2v) is 7.84. The molecule has 0 aromatic heterocycles. The van der Waals surface area contributed by atoms with Crippen molar-refractivity contribution in [2.75, 3.05) is 0 Å². The molecule has 1 aliphatic rings. The zero-order chi connectivity index (χ0) is 19.7. The third-order valence-corrected chi connectivity index (χ3v) is 5.61. The third-order valence-electron chi connectivity index (χ3n) is 5.61. The highest BCUT2D eigenvalue weighted by molar-refractivity contribution is 5.90. The second-order valence-electron chi connectivity index (χ2n) is 7.84. The minimum absolute atomic E-state index is 0.286. The van der Waals surface area contributed by atoms with Gasteiger partial charge in [-0.25, -0.2) is 4.79 Å². The Hall–Kier alpha value is -3.07. The van der Waals surface area contributed by atoms with Gasteiger partial charge in [-0.15, -0.1) is 0 Å². The lowest BCUT2D eigenvalue weighted by Crippen LogP contribution is -2.39. The highest BCUT2D eigenvalue weighted by Gasteiger charge is 2.33. The molecule has 3 nitrogen and oxygen atoms in total. The first-order valence-electron chi connectivity index (χ1n) is 9.64. The molecule has 0 spiro atoms. The summed E-state index contributed by atoms with van der Waals surface area (Å²) in [4.78, 5) is 11.4. The van der Waals surface area contributed by atoms with Crippen LogP contribution in [0.3, 0.4) is 0 Å². The molecule has 0 bridgehead atoms. The van der Waals surface area contributed by atoms with E-state index in [-0.39, 0.29) is 11.2 Å². The Balaban J connectivity index is 1.71. The fourth-order valence-electron chi connectivity index (χ4n) is 3.98. The van der Waals surface area contributed by atoms with E-state index in [1.165, 1.54) is 16.7 Å². The maximum Gasteiger partial charge on any atom is 0.335 e. The molecule has 3 aromatic rings. The normalized spacial score (nSPS) is 18.2. The van der Waals surface area contributed by atoms with Crippen LogP contribution < -0.4 is 4.74 Å². The van der Waals surface area contributed by atoms with Crippen LogP contribution in [-0.2, 0) is 12.8 Å². The molecule has 0 aliphatic carbocycles. The lowest BCUT2D eigenvalue weighted by Gasteiger charge is -2.37. The van der Waals surface area contributed by atoms with E-state index in [1.807, 2.05) is 18.2 Å². The summed E-state index contributed by atoms with van der Waals surface area (Å²) >= 11 is 0. The molecule has 1 atom stereocenters. The van der Waals surface area contributed by atoms with Gasteiger partial charge in [-0.2, -0.15) is 0 Å². The molecule has 0 unspecified atom stereocenters. The highest BCUT2D eigenvalue weighted by atomic mass is 16.5. The van der Waals surface area contributed by atoms with Gasteiger partial charge >= 0.3 is 5.97 Å². The van der Waals surface area contributed by atoms with E-state index in [9.17, 15) is 9.90 Å². The van der Waals surface area contributed by atoms with Gasteiger partial charge in [-0.05, 0) is 61.1 Å². The molecule has 142 valence electrons. The van der Waals surface area contributed by atoms with Crippen molar-refractivity contribution in [2.45, 2.75) is 38.7 Å². The Kier molecular flexibility index (Phi) is 4.68. The maximum atomic E-state index is 11.4. The van der Waals surface area contributed by atoms with Crippen molar-refractivity contribution in [3.8, 4) is 16.9 Å². The standard InChI is InChI=1S/C25H24O3/c1-17-7-3-4-8-21(17)16-25(2)14-13-18-9-6-12-22(23(18)28-25)19-10-5-11-20(15-19)24(26)27/h3-12,15H,13-14,16H2,1-2H3,(H,26,27)/t25-/m1/s1. The molecule has 0 amide bonds. The number of aromatic carboxylic acids is 1. The Labute approximate surface area is 165 Å². The molecule has 4 rings (SSSR count). The van der Waals surface area contributed by atoms with E-state index < -0.39 is 5.97 Å². The Bertz CT molecular complexity index is 1040. The molecule has 3 heteroatoms. The number of para-hydroxylation sites is 1. The van der Waals surface area contributed by atoms with Crippen LogP contribution in [0.4, 0.5) is 0 Å². The minimum Gasteiger partial charge on any atom is -0.486 e. The topological polar surface area (TPSA) is 46.5 Å². The lowest BCUT2D eigenvalue weighted by atomic mass is 9.85. The minimum atomic E-state index is -0.919. The number of fused-ring (bicyclic) bond motifs is 1. The molecule has 0 radical (unpaired) electrons. The number of carboxylic acids is 1. The molecule has 1 N–H and O–H groups in total. The van der Waals surface area contributed by atoms with Crippen LogP contribution in [0.25, 0.3) is 11.1 Å². The Morgan fingerprint density at radius 2 is 1.86 bits per heavy atom. The number of hydrogen-bond acceptors (Lipinski definition) is 2. The number of aryl methyl sites for hydroxylation is 2. The van der Waals surface area contributed by atoms with E-state index >= 15 is 0 Å². The van der Waals surface area contributed by atoms with E-state index in [1.54, 1.807) is 18.2 Å². The van der Waals surface area contributed by atoms with E-state index in [0.717, 1.165) is 36.1 Å². The molecule has 3 aromatic carbocycles. The fourth-order valence-corrected chi connectivity index (χ4v) is 3.98. The molecule has 1 aliphatic heterocycles. The summed E-state index contributed by atoms with van der Waals surface area (Å²) < 4.78 is 6.62. The molecular formula is C25H24O3. The van der Waals surface area contributed by atoms with Crippen LogP contribution in [0.1, 0.15) is 40.4 Å². The van der Waals surface area contributed by atoms with Crippen molar-refractivity contribution in [2.24, 2.45) is 0 Å². The van der Waals surface area contributed by atoms with Gasteiger partial charge in [0.1, 0.15) is 11.4 Å².